The lowest BCUT2D eigenvalue weighted by atomic mass is 10.2. The molecule has 0 aliphatic rings. The molecule has 5 nitrogen and oxygen atoms in total. The Bertz CT molecular complexity index is 796. The average molecular weight is 292 g/mol. The van der Waals surface area contributed by atoms with Gasteiger partial charge in [-0.05, 0) is 24.3 Å². The summed E-state index contributed by atoms with van der Waals surface area (Å²) in [6.07, 6.45) is 0. The second-order valence-corrected chi connectivity index (χ2v) is 4.12. The number of benzene rings is 1. The topological polar surface area (TPSA) is 77.8 Å². The van der Waals surface area contributed by atoms with Gasteiger partial charge in [-0.25, -0.2) is 18.2 Å². The smallest absolute Gasteiger partial charge is 0.276 e. The Morgan fingerprint density at radius 1 is 1.00 bits per heavy atom. The van der Waals surface area contributed by atoms with Gasteiger partial charge in [0.2, 0.25) is 5.82 Å². The van der Waals surface area contributed by atoms with E-state index in [1.165, 1.54) is 0 Å². The summed E-state index contributed by atoms with van der Waals surface area (Å²) in [5, 5.41) is 3.58. The molecule has 0 unspecified atom stereocenters. The van der Waals surface area contributed by atoms with E-state index < -0.39 is 17.5 Å². The standard InChI is InChI=1S/C13H7F3N4O/c14-7-4-6(5-8(15)11(7)16)12-19-13(21-20-12)9-2-1-3-10(17)18-9/h1-5H,(H2,17,18). The molecule has 0 saturated heterocycles. The van der Waals surface area contributed by atoms with E-state index in [0.29, 0.717) is 5.69 Å². The largest absolute Gasteiger partial charge is 0.384 e. The summed E-state index contributed by atoms with van der Waals surface area (Å²) < 4.78 is 44.2. The van der Waals surface area contributed by atoms with Crippen LogP contribution < -0.4 is 5.73 Å². The van der Waals surface area contributed by atoms with Gasteiger partial charge < -0.3 is 10.3 Å². The average Bonchev–Trinajstić information content (AvgIpc) is 2.94. The molecule has 2 aromatic heterocycles. The molecule has 3 aromatic rings. The van der Waals surface area contributed by atoms with Crippen LogP contribution >= 0.6 is 0 Å². The molecule has 3 rings (SSSR count). The highest BCUT2D eigenvalue weighted by Gasteiger charge is 2.16. The van der Waals surface area contributed by atoms with E-state index >= 15 is 0 Å². The second kappa shape index (κ2) is 4.89. The molecule has 0 saturated carbocycles. The molecule has 21 heavy (non-hydrogen) atoms. The van der Waals surface area contributed by atoms with Crippen LogP contribution in [-0.2, 0) is 0 Å². The maximum atomic E-state index is 13.2. The Morgan fingerprint density at radius 3 is 2.38 bits per heavy atom. The molecule has 0 aliphatic heterocycles. The molecule has 1 aromatic carbocycles. The first-order chi connectivity index (χ1) is 10.0. The van der Waals surface area contributed by atoms with Crippen molar-refractivity contribution >= 4 is 5.82 Å². The van der Waals surface area contributed by atoms with E-state index in [4.69, 9.17) is 10.3 Å². The quantitative estimate of drug-likeness (QED) is 0.735. The van der Waals surface area contributed by atoms with Crippen LogP contribution in [0.5, 0.6) is 0 Å². The SMILES string of the molecule is Nc1cccc(-c2nc(-c3cc(F)c(F)c(F)c3)no2)n1. The third kappa shape index (κ3) is 2.42. The molecular formula is C13H7F3N4O. The van der Waals surface area contributed by atoms with Crippen LogP contribution in [0.2, 0.25) is 0 Å². The molecule has 0 atom stereocenters. The lowest BCUT2D eigenvalue weighted by Gasteiger charge is -1.98. The molecule has 106 valence electrons. The van der Waals surface area contributed by atoms with Gasteiger partial charge in [-0.2, -0.15) is 4.98 Å². The Morgan fingerprint density at radius 2 is 1.71 bits per heavy atom. The van der Waals surface area contributed by atoms with Crippen molar-refractivity contribution in [2.45, 2.75) is 0 Å². The number of halogens is 3. The maximum absolute atomic E-state index is 13.2. The van der Waals surface area contributed by atoms with Gasteiger partial charge in [0.1, 0.15) is 11.5 Å². The second-order valence-electron chi connectivity index (χ2n) is 4.12. The number of hydrogen-bond acceptors (Lipinski definition) is 5. The van der Waals surface area contributed by atoms with Crippen LogP contribution in [0, 0.1) is 17.5 Å². The third-order valence-electron chi connectivity index (χ3n) is 2.66. The van der Waals surface area contributed by atoms with Crippen molar-refractivity contribution in [3.05, 3.63) is 47.8 Å². The van der Waals surface area contributed by atoms with Crippen molar-refractivity contribution in [3.63, 3.8) is 0 Å². The Kier molecular flexibility index (Phi) is 3.05. The predicted molar refractivity (Wildman–Crippen MR) is 67.3 cm³/mol. The maximum Gasteiger partial charge on any atom is 0.276 e. The van der Waals surface area contributed by atoms with Crippen LogP contribution in [0.3, 0.4) is 0 Å². The Balaban J connectivity index is 2.02. The molecule has 2 N–H and O–H groups in total. The van der Waals surface area contributed by atoms with Gasteiger partial charge in [0.25, 0.3) is 5.89 Å². The van der Waals surface area contributed by atoms with Gasteiger partial charge in [0.05, 0.1) is 0 Å². The van der Waals surface area contributed by atoms with E-state index in [-0.39, 0.29) is 23.1 Å². The highest BCUT2D eigenvalue weighted by Crippen LogP contribution is 2.24. The molecule has 2 heterocycles. The number of nitrogen functional groups attached to an aromatic ring is 1. The van der Waals surface area contributed by atoms with Gasteiger partial charge >= 0.3 is 0 Å². The molecule has 0 fully saturated rings. The fraction of sp³-hybridized carbons (Fsp3) is 0. The first-order valence-corrected chi connectivity index (χ1v) is 5.76. The minimum absolute atomic E-state index is 0.0300. The fourth-order valence-corrected chi connectivity index (χ4v) is 1.70. The monoisotopic (exact) mass is 292 g/mol. The fourth-order valence-electron chi connectivity index (χ4n) is 1.70. The van der Waals surface area contributed by atoms with Gasteiger partial charge in [0.15, 0.2) is 17.5 Å². The van der Waals surface area contributed by atoms with Crippen molar-refractivity contribution in [2.75, 3.05) is 5.73 Å². The summed E-state index contributed by atoms with van der Waals surface area (Å²) in [5.41, 5.74) is 5.79. The highest BCUT2D eigenvalue weighted by atomic mass is 19.2. The summed E-state index contributed by atoms with van der Waals surface area (Å²) in [7, 11) is 0. The van der Waals surface area contributed by atoms with Gasteiger partial charge in [0, 0.05) is 5.56 Å². The van der Waals surface area contributed by atoms with E-state index in [0.717, 1.165) is 12.1 Å². The minimum Gasteiger partial charge on any atom is -0.384 e. The van der Waals surface area contributed by atoms with Crippen LogP contribution in [0.15, 0.2) is 34.9 Å². The van der Waals surface area contributed by atoms with Crippen molar-refractivity contribution < 1.29 is 17.7 Å². The van der Waals surface area contributed by atoms with E-state index in [2.05, 4.69) is 15.1 Å². The zero-order valence-corrected chi connectivity index (χ0v) is 10.3. The zero-order chi connectivity index (χ0) is 15.0. The van der Waals surface area contributed by atoms with Crippen molar-refractivity contribution in [1.29, 1.82) is 0 Å². The normalized spacial score (nSPS) is 10.8. The molecule has 0 amide bonds. The summed E-state index contributed by atoms with van der Waals surface area (Å²) >= 11 is 0. The van der Waals surface area contributed by atoms with Crippen LogP contribution in [0.4, 0.5) is 19.0 Å². The van der Waals surface area contributed by atoms with E-state index in [9.17, 15) is 13.2 Å². The van der Waals surface area contributed by atoms with Crippen molar-refractivity contribution in [2.24, 2.45) is 0 Å². The number of nitrogens with zero attached hydrogens (tertiary/aromatic N) is 3. The third-order valence-corrected chi connectivity index (χ3v) is 2.66. The number of anilines is 1. The number of rotatable bonds is 2. The lowest BCUT2D eigenvalue weighted by Crippen LogP contribution is -1.93. The minimum atomic E-state index is -1.56. The van der Waals surface area contributed by atoms with Crippen LogP contribution in [0.25, 0.3) is 23.0 Å². The van der Waals surface area contributed by atoms with E-state index in [1.54, 1.807) is 18.2 Å². The van der Waals surface area contributed by atoms with Crippen LogP contribution in [0.1, 0.15) is 0 Å². The molecular weight excluding hydrogens is 285 g/mol. The number of hydrogen-bond donors (Lipinski definition) is 1. The van der Waals surface area contributed by atoms with Gasteiger partial charge in [-0.1, -0.05) is 11.2 Å². The van der Waals surface area contributed by atoms with Crippen LogP contribution in [-0.4, -0.2) is 15.1 Å². The zero-order valence-electron chi connectivity index (χ0n) is 10.3. The molecule has 0 bridgehead atoms. The van der Waals surface area contributed by atoms with Crippen molar-refractivity contribution in [1.82, 2.24) is 15.1 Å². The number of pyridine rings is 1. The summed E-state index contributed by atoms with van der Waals surface area (Å²) in [6, 6.07) is 6.35. The highest BCUT2D eigenvalue weighted by molar-refractivity contribution is 5.58. The first kappa shape index (κ1) is 13.1. The van der Waals surface area contributed by atoms with Gasteiger partial charge in [-0.3, -0.25) is 0 Å². The van der Waals surface area contributed by atoms with Gasteiger partial charge in [-0.15, -0.1) is 0 Å². The van der Waals surface area contributed by atoms with E-state index in [1.807, 2.05) is 0 Å². The Labute approximate surface area is 116 Å². The lowest BCUT2D eigenvalue weighted by molar-refractivity contribution is 0.430. The summed E-state index contributed by atoms with van der Waals surface area (Å²) in [6.45, 7) is 0. The Hall–Kier alpha value is -2.90. The summed E-state index contributed by atoms with van der Waals surface area (Å²) in [4.78, 5) is 7.93. The predicted octanol–water partition coefficient (Wildman–Crippen LogP) is 2.80. The number of nitrogens with two attached hydrogens (primary N) is 1. The molecule has 8 heteroatoms. The molecule has 0 spiro atoms. The molecule has 0 radical (unpaired) electrons. The van der Waals surface area contributed by atoms with Crippen molar-refractivity contribution in [3.8, 4) is 23.0 Å². The molecule has 0 aliphatic carbocycles. The first-order valence-electron chi connectivity index (χ1n) is 5.76. The number of aromatic nitrogens is 3. The summed E-state index contributed by atoms with van der Waals surface area (Å²) in [5.74, 6) is -4.03.